The van der Waals surface area contributed by atoms with E-state index in [-0.39, 0.29) is 11.9 Å². The molecule has 0 bridgehead atoms. The number of fused-ring (bicyclic) bond motifs is 1. The molecular weight excluding hydrogens is 310 g/mol. The molecule has 1 aliphatic rings. The maximum Gasteiger partial charge on any atom is 0.341 e. The first-order chi connectivity index (χ1) is 11.0. The summed E-state index contributed by atoms with van der Waals surface area (Å²) in [6.07, 6.45) is 5.87. The average Bonchev–Trinajstić information content (AvgIpc) is 2.90. The lowest BCUT2D eigenvalue weighted by molar-refractivity contribution is -0.112. The standard InChI is InChI=1S/C18H25NO3S/c1-5-11(4)16(20)19-17-15(18(21)22-7-3)13-9-8-12(6-2)10-14(13)23-17/h5,12H,6-10H2,1-4H3,(H,19,20). The van der Waals surface area contributed by atoms with Gasteiger partial charge in [-0.25, -0.2) is 4.79 Å². The third-order valence-corrected chi connectivity index (χ3v) is 5.61. The molecule has 1 unspecified atom stereocenters. The zero-order valence-corrected chi connectivity index (χ0v) is 15.1. The van der Waals surface area contributed by atoms with E-state index in [1.165, 1.54) is 16.2 Å². The molecule has 0 aliphatic heterocycles. The van der Waals surface area contributed by atoms with Crippen LogP contribution in [-0.2, 0) is 22.4 Å². The highest BCUT2D eigenvalue weighted by Crippen LogP contribution is 2.40. The van der Waals surface area contributed by atoms with Gasteiger partial charge in [0.25, 0.3) is 5.91 Å². The van der Waals surface area contributed by atoms with Crippen LogP contribution in [0.4, 0.5) is 5.00 Å². The summed E-state index contributed by atoms with van der Waals surface area (Å²) in [5, 5.41) is 3.54. The van der Waals surface area contributed by atoms with E-state index < -0.39 is 0 Å². The van der Waals surface area contributed by atoms with Crippen molar-refractivity contribution in [2.24, 2.45) is 5.92 Å². The number of thiophene rings is 1. The van der Waals surface area contributed by atoms with Crippen LogP contribution in [0.2, 0.25) is 0 Å². The lowest BCUT2D eigenvalue weighted by Gasteiger charge is -2.20. The Morgan fingerprint density at radius 2 is 2.13 bits per heavy atom. The average molecular weight is 335 g/mol. The van der Waals surface area contributed by atoms with Crippen LogP contribution in [0.5, 0.6) is 0 Å². The highest BCUT2D eigenvalue weighted by molar-refractivity contribution is 7.17. The Hall–Kier alpha value is -1.62. The quantitative estimate of drug-likeness (QED) is 0.643. The molecule has 1 N–H and O–H groups in total. The van der Waals surface area contributed by atoms with E-state index in [2.05, 4.69) is 12.2 Å². The van der Waals surface area contributed by atoms with Gasteiger partial charge in [0.05, 0.1) is 12.2 Å². The molecule has 4 nitrogen and oxygen atoms in total. The first-order valence-corrected chi connectivity index (χ1v) is 9.09. The molecule has 126 valence electrons. The molecule has 1 heterocycles. The van der Waals surface area contributed by atoms with Gasteiger partial charge in [-0.3, -0.25) is 4.79 Å². The Morgan fingerprint density at radius 1 is 1.39 bits per heavy atom. The number of carbonyl (C=O) groups is 2. The van der Waals surface area contributed by atoms with Gasteiger partial charge in [0.2, 0.25) is 0 Å². The highest BCUT2D eigenvalue weighted by Gasteiger charge is 2.29. The molecule has 0 spiro atoms. The zero-order chi connectivity index (χ0) is 17.0. The van der Waals surface area contributed by atoms with Crippen molar-refractivity contribution in [2.75, 3.05) is 11.9 Å². The molecule has 0 saturated heterocycles. The van der Waals surface area contributed by atoms with Crippen LogP contribution in [0.3, 0.4) is 0 Å². The van der Waals surface area contributed by atoms with Gasteiger partial charge < -0.3 is 10.1 Å². The lowest BCUT2D eigenvalue weighted by Crippen LogP contribution is -2.17. The predicted molar refractivity (Wildman–Crippen MR) is 94.1 cm³/mol. The number of hydrogen-bond donors (Lipinski definition) is 1. The van der Waals surface area contributed by atoms with Crippen molar-refractivity contribution in [2.45, 2.75) is 53.4 Å². The fourth-order valence-electron chi connectivity index (χ4n) is 2.84. The predicted octanol–water partition coefficient (Wildman–Crippen LogP) is 4.34. The number of hydrogen-bond acceptors (Lipinski definition) is 4. The van der Waals surface area contributed by atoms with Crippen molar-refractivity contribution in [1.82, 2.24) is 0 Å². The first-order valence-electron chi connectivity index (χ1n) is 8.27. The zero-order valence-electron chi connectivity index (χ0n) is 14.3. The fraction of sp³-hybridized carbons (Fsp3) is 0.556. The molecule has 0 aromatic carbocycles. The number of rotatable bonds is 5. The van der Waals surface area contributed by atoms with E-state index in [9.17, 15) is 9.59 Å². The molecule has 2 rings (SSSR count). The third-order valence-electron chi connectivity index (χ3n) is 4.44. The maximum absolute atomic E-state index is 12.4. The van der Waals surface area contributed by atoms with Crippen LogP contribution in [0.15, 0.2) is 11.6 Å². The number of nitrogens with one attached hydrogen (secondary N) is 1. The second-order valence-corrected chi connectivity index (χ2v) is 6.98. The SMILES string of the molecule is CC=C(C)C(=O)Nc1sc2c(c1C(=O)OCC)CCC(CC)C2. The van der Waals surface area contributed by atoms with Crippen molar-refractivity contribution in [3.8, 4) is 0 Å². The van der Waals surface area contributed by atoms with Crippen LogP contribution in [0.1, 0.15) is 61.3 Å². The Labute approximate surface area is 141 Å². The van der Waals surface area contributed by atoms with Gasteiger partial charge in [-0.05, 0) is 51.5 Å². The minimum atomic E-state index is -0.326. The van der Waals surface area contributed by atoms with Gasteiger partial charge in [-0.2, -0.15) is 0 Å². The topological polar surface area (TPSA) is 55.4 Å². The van der Waals surface area contributed by atoms with Crippen LogP contribution in [-0.4, -0.2) is 18.5 Å². The molecule has 23 heavy (non-hydrogen) atoms. The highest BCUT2D eigenvalue weighted by atomic mass is 32.1. The molecule has 1 aromatic rings. The number of carbonyl (C=O) groups excluding carboxylic acids is 2. The molecule has 1 aliphatic carbocycles. The molecule has 1 aromatic heterocycles. The van der Waals surface area contributed by atoms with Gasteiger partial charge in [-0.15, -0.1) is 11.3 Å². The summed E-state index contributed by atoms with van der Waals surface area (Å²) in [4.78, 5) is 25.8. The third kappa shape index (κ3) is 3.83. The molecule has 0 saturated carbocycles. The second-order valence-electron chi connectivity index (χ2n) is 5.87. The Balaban J connectivity index is 2.38. The van der Waals surface area contributed by atoms with Crippen LogP contribution < -0.4 is 5.32 Å². The summed E-state index contributed by atoms with van der Waals surface area (Å²) >= 11 is 1.53. The van der Waals surface area contributed by atoms with E-state index in [1.54, 1.807) is 19.9 Å². The van der Waals surface area contributed by atoms with E-state index in [0.717, 1.165) is 31.2 Å². The number of amides is 1. The van der Waals surface area contributed by atoms with Crippen LogP contribution in [0, 0.1) is 5.92 Å². The smallest absolute Gasteiger partial charge is 0.341 e. The minimum Gasteiger partial charge on any atom is -0.462 e. The van der Waals surface area contributed by atoms with Crippen LogP contribution in [0.25, 0.3) is 0 Å². The number of esters is 1. The largest absolute Gasteiger partial charge is 0.462 e. The summed E-state index contributed by atoms with van der Waals surface area (Å²) in [5.74, 6) is 0.175. The summed E-state index contributed by atoms with van der Waals surface area (Å²) in [6, 6.07) is 0. The van der Waals surface area contributed by atoms with E-state index >= 15 is 0 Å². The summed E-state index contributed by atoms with van der Waals surface area (Å²) < 4.78 is 5.22. The maximum atomic E-state index is 12.4. The second kappa shape index (κ2) is 7.77. The number of anilines is 1. The van der Waals surface area contributed by atoms with Gasteiger partial charge in [0.1, 0.15) is 5.00 Å². The minimum absolute atomic E-state index is 0.163. The molecular formula is C18H25NO3S. The van der Waals surface area contributed by atoms with Crippen molar-refractivity contribution >= 4 is 28.2 Å². The molecule has 1 amide bonds. The van der Waals surface area contributed by atoms with Crippen molar-refractivity contribution in [1.29, 1.82) is 0 Å². The Bertz CT molecular complexity index is 630. The van der Waals surface area contributed by atoms with Crippen molar-refractivity contribution < 1.29 is 14.3 Å². The normalized spacial score (nSPS) is 17.6. The van der Waals surface area contributed by atoms with Gasteiger partial charge >= 0.3 is 5.97 Å². The van der Waals surface area contributed by atoms with Crippen molar-refractivity contribution in [3.05, 3.63) is 27.7 Å². The molecule has 5 heteroatoms. The van der Waals surface area contributed by atoms with E-state index in [1.807, 2.05) is 6.92 Å². The lowest BCUT2D eigenvalue weighted by atomic mass is 9.85. The van der Waals surface area contributed by atoms with E-state index in [0.29, 0.717) is 28.7 Å². The summed E-state index contributed by atoms with van der Waals surface area (Å²) in [7, 11) is 0. The molecule has 1 atom stereocenters. The number of allylic oxidation sites excluding steroid dienone is 1. The van der Waals surface area contributed by atoms with Gasteiger partial charge in [0, 0.05) is 10.5 Å². The molecule has 0 fully saturated rings. The Kier molecular flexibility index (Phi) is 5.99. The Morgan fingerprint density at radius 3 is 2.74 bits per heavy atom. The fourth-order valence-corrected chi connectivity index (χ4v) is 4.19. The molecule has 0 radical (unpaired) electrons. The number of ether oxygens (including phenoxy) is 1. The van der Waals surface area contributed by atoms with Crippen LogP contribution >= 0.6 is 11.3 Å². The van der Waals surface area contributed by atoms with E-state index in [4.69, 9.17) is 4.74 Å². The van der Waals surface area contributed by atoms with Gasteiger partial charge in [-0.1, -0.05) is 19.4 Å². The van der Waals surface area contributed by atoms with Gasteiger partial charge in [0.15, 0.2) is 0 Å². The first kappa shape index (κ1) is 17.7. The summed E-state index contributed by atoms with van der Waals surface area (Å²) in [5.41, 5.74) is 2.28. The van der Waals surface area contributed by atoms with Crippen molar-refractivity contribution in [3.63, 3.8) is 0 Å². The summed E-state index contributed by atoms with van der Waals surface area (Å²) in [6.45, 7) is 7.93. The monoisotopic (exact) mass is 335 g/mol.